The maximum absolute atomic E-state index is 13.6. The van der Waals surface area contributed by atoms with Crippen molar-refractivity contribution in [3.8, 4) is 0 Å². The minimum absolute atomic E-state index is 0.00884. The van der Waals surface area contributed by atoms with Crippen molar-refractivity contribution in [3.05, 3.63) is 64.2 Å². The van der Waals surface area contributed by atoms with E-state index < -0.39 is 51.9 Å². The Morgan fingerprint density at radius 3 is 2.22 bits per heavy atom. The maximum Gasteiger partial charge on any atom is 0.416 e. The molecule has 1 N–H and O–H groups in total. The predicted octanol–water partition coefficient (Wildman–Crippen LogP) is 4.77. The van der Waals surface area contributed by atoms with Crippen LogP contribution in [0.25, 0.3) is 0 Å². The number of carbonyl (C=O) groups excluding carboxylic acids is 2. The van der Waals surface area contributed by atoms with Crippen LogP contribution in [0.5, 0.6) is 0 Å². The Morgan fingerprint density at radius 2 is 1.70 bits per heavy atom. The van der Waals surface area contributed by atoms with Crippen LogP contribution in [0.2, 0.25) is 5.02 Å². The summed E-state index contributed by atoms with van der Waals surface area (Å²) in [6.07, 6.45) is -3.08. The molecule has 0 saturated carbocycles. The highest BCUT2D eigenvalue weighted by Crippen LogP contribution is 2.36. The molecule has 1 atom stereocenters. The fraction of sp³-hybridized carbons (Fsp3) is 0.440. The van der Waals surface area contributed by atoms with Crippen LogP contribution in [-0.4, -0.2) is 50.5 Å². The molecule has 2 amide bonds. The molecule has 0 aromatic heterocycles. The third-order valence-corrected chi connectivity index (χ3v) is 7.08. The van der Waals surface area contributed by atoms with Gasteiger partial charge in [-0.2, -0.15) is 13.2 Å². The van der Waals surface area contributed by atoms with Gasteiger partial charge in [0.25, 0.3) is 0 Å². The van der Waals surface area contributed by atoms with Gasteiger partial charge < -0.3 is 10.2 Å². The van der Waals surface area contributed by atoms with Gasteiger partial charge in [-0.15, -0.1) is 0 Å². The summed E-state index contributed by atoms with van der Waals surface area (Å²) < 4.78 is 65.8. The normalized spacial score (nSPS) is 12.6. The Balaban J connectivity index is 2.52. The van der Waals surface area contributed by atoms with Crippen molar-refractivity contribution in [2.75, 3.05) is 23.7 Å². The van der Waals surface area contributed by atoms with Crippen LogP contribution in [0.15, 0.2) is 42.5 Å². The maximum atomic E-state index is 13.6. The molecule has 204 valence electrons. The van der Waals surface area contributed by atoms with Gasteiger partial charge in [-0.05, 0) is 43.5 Å². The molecule has 0 radical (unpaired) electrons. The Kier molecular flexibility index (Phi) is 10.4. The minimum atomic E-state index is -4.76. The van der Waals surface area contributed by atoms with E-state index in [9.17, 15) is 31.2 Å². The van der Waals surface area contributed by atoms with Crippen LogP contribution >= 0.6 is 11.6 Å². The van der Waals surface area contributed by atoms with Gasteiger partial charge in [-0.1, -0.05) is 55.3 Å². The fourth-order valence-electron chi connectivity index (χ4n) is 3.65. The highest BCUT2D eigenvalue weighted by molar-refractivity contribution is 7.92. The van der Waals surface area contributed by atoms with Gasteiger partial charge in [-0.25, -0.2) is 8.42 Å². The first-order valence-corrected chi connectivity index (χ1v) is 13.9. The van der Waals surface area contributed by atoms with Crippen molar-refractivity contribution in [3.63, 3.8) is 0 Å². The topological polar surface area (TPSA) is 86.8 Å². The Morgan fingerprint density at radius 1 is 1.08 bits per heavy atom. The molecule has 0 unspecified atom stereocenters. The van der Waals surface area contributed by atoms with Gasteiger partial charge in [0.05, 0.1) is 22.5 Å². The Hall–Kier alpha value is -2.79. The molecule has 0 saturated heterocycles. The number of carbonyl (C=O) groups is 2. The van der Waals surface area contributed by atoms with E-state index in [1.807, 2.05) is 26.0 Å². The van der Waals surface area contributed by atoms with Crippen LogP contribution in [0, 0.1) is 6.92 Å². The molecule has 0 heterocycles. The van der Waals surface area contributed by atoms with Gasteiger partial charge in [0, 0.05) is 13.1 Å². The van der Waals surface area contributed by atoms with Gasteiger partial charge in [0.1, 0.15) is 12.6 Å². The van der Waals surface area contributed by atoms with Gasteiger partial charge in [0.2, 0.25) is 21.8 Å². The lowest BCUT2D eigenvalue weighted by atomic mass is 10.1. The van der Waals surface area contributed by atoms with E-state index in [0.717, 1.165) is 24.0 Å². The first kappa shape index (κ1) is 30.4. The van der Waals surface area contributed by atoms with Crippen molar-refractivity contribution in [1.82, 2.24) is 10.2 Å². The zero-order valence-electron chi connectivity index (χ0n) is 21.1. The number of sulfonamides is 1. The Labute approximate surface area is 220 Å². The summed E-state index contributed by atoms with van der Waals surface area (Å²) in [5, 5.41) is 2.48. The van der Waals surface area contributed by atoms with E-state index in [2.05, 4.69) is 5.32 Å². The van der Waals surface area contributed by atoms with E-state index >= 15 is 0 Å². The second-order valence-corrected chi connectivity index (χ2v) is 11.0. The first-order valence-electron chi connectivity index (χ1n) is 11.7. The van der Waals surface area contributed by atoms with E-state index in [4.69, 9.17) is 11.6 Å². The first-order chi connectivity index (χ1) is 17.2. The van der Waals surface area contributed by atoms with Crippen LogP contribution in [-0.2, 0) is 32.3 Å². The second-order valence-electron chi connectivity index (χ2n) is 8.66. The quantitative estimate of drug-likeness (QED) is 0.428. The van der Waals surface area contributed by atoms with Crippen LogP contribution in [0.4, 0.5) is 18.9 Å². The molecule has 2 rings (SSSR count). The highest BCUT2D eigenvalue weighted by Gasteiger charge is 2.35. The summed E-state index contributed by atoms with van der Waals surface area (Å²) in [5.41, 5.74) is 0.0847. The summed E-state index contributed by atoms with van der Waals surface area (Å²) in [7, 11) is -4.24. The average Bonchev–Trinajstić information content (AvgIpc) is 2.81. The minimum Gasteiger partial charge on any atom is -0.354 e. The fourth-order valence-corrected chi connectivity index (χ4v) is 4.77. The van der Waals surface area contributed by atoms with Crippen molar-refractivity contribution >= 4 is 39.1 Å². The lowest BCUT2D eigenvalue weighted by Gasteiger charge is -2.33. The average molecular weight is 562 g/mol. The number of nitrogens with one attached hydrogen (secondary N) is 1. The van der Waals surface area contributed by atoms with E-state index in [1.54, 1.807) is 19.1 Å². The van der Waals surface area contributed by atoms with Crippen molar-refractivity contribution in [1.29, 1.82) is 0 Å². The zero-order valence-corrected chi connectivity index (χ0v) is 22.7. The number of halogens is 4. The number of benzene rings is 2. The third-order valence-electron chi connectivity index (χ3n) is 5.63. The van der Waals surface area contributed by atoms with Crippen LogP contribution in [0.3, 0.4) is 0 Å². The number of aryl methyl sites for hydroxylation is 1. The zero-order chi connectivity index (χ0) is 28.0. The molecular weight excluding hydrogens is 531 g/mol. The predicted molar refractivity (Wildman–Crippen MR) is 138 cm³/mol. The number of anilines is 1. The van der Waals surface area contributed by atoms with Crippen LogP contribution in [0.1, 0.15) is 43.4 Å². The van der Waals surface area contributed by atoms with E-state index in [0.29, 0.717) is 28.9 Å². The highest BCUT2D eigenvalue weighted by atomic mass is 35.5. The molecule has 0 aliphatic heterocycles. The summed E-state index contributed by atoms with van der Waals surface area (Å²) in [5.74, 6) is -1.18. The summed E-state index contributed by atoms with van der Waals surface area (Å²) in [6.45, 7) is 5.01. The van der Waals surface area contributed by atoms with Crippen molar-refractivity contribution < 1.29 is 31.2 Å². The molecule has 0 aliphatic carbocycles. The van der Waals surface area contributed by atoms with Crippen molar-refractivity contribution in [2.24, 2.45) is 0 Å². The molecule has 2 aromatic rings. The molecule has 7 nitrogen and oxygen atoms in total. The number of nitrogens with zero attached hydrogens (tertiary/aromatic N) is 2. The summed E-state index contributed by atoms with van der Waals surface area (Å²) in [4.78, 5) is 27.7. The smallest absolute Gasteiger partial charge is 0.354 e. The van der Waals surface area contributed by atoms with Crippen LogP contribution < -0.4 is 9.62 Å². The number of hydrogen-bond acceptors (Lipinski definition) is 4. The molecular formula is C25H31ClF3N3O4S. The molecule has 2 aromatic carbocycles. The molecule has 0 fully saturated rings. The Bertz CT molecular complexity index is 1200. The summed E-state index contributed by atoms with van der Waals surface area (Å²) in [6, 6.07) is 8.55. The molecule has 0 aliphatic rings. The van der Waals surface area contributed by atoms with E-state index in [1.165, 1.54) is 4.90 Å². The van der Waals surface area contributed by atoms with Gasteiger partial charge >= 0.3 is 6.18 Å². The lowest BCUT2D eigenvalue weighted by molar-refractivity contribution is -0.140. The largest absolute Gasteiger partial charge is 0.416 e. The number of amides is 2. The SMILES string of the molecule is CCCNC(=O)[C@@H](CC)N(Cc1ccc(C)cc1)C(=O)CN(c1cc(C(F)(F)F)ccc1Cl)S(C)(=O)=O. The molecule has 12 heteroatoms. The molecule has 0 bridgehead atoms. The molecule has 37 heavy (non-hydrogen) atoms. The van der Waals surface area contributed by atoms with Gasteiger partial charge in [-0.3, -0.25) is 13.9 Å². The van der Waals surface area contributed by atoms with Crippen molar-refractivity contribution in [2.45, 2.75) is 52.4 Å². The van der Waals surface area contributed by atoms with Gasteiger partial charge in [0.15, 0.2) is 0 Å². The third kappa shape index (κ3) is 8.36. The number of rotatable bonds is 11. The number of alkyl halides is 3. The number of hydrogen-bond donors (Lipinski definition) is 1. The molecule has 0 spiro atoms. The lowest BCUT2D eigenvalue weighted by Crippen LogP contribution is -2.52. The second kappa shape index (κ2) is 12.6. The monoisotopic (exact) mass is 561 g/mol. The summed E-state index contributed by atoms with van der Waals surface area (Å²) >= 11 is 6.09. The standard InChI is InChI=1S/C25H31ClF3N3O4S/c1-5-13-30-24(34)21(6-2)31(15-18-9-7-17(3)8-10-18)23(33)16-32(37(4,35)36)22-14-19(25(27,28)29)11-12-20(22)26/h7-12,14,21H,5-6,13,15-16H2,1-4H3,(H,30,34)/t21-/m1/s1. The van der Waals surface area contributed by atoms with E-state index in [-0.39, 0.29) is 18.0 Å².